The first-order chi connectivity index (χ1) is 23.6. The summed E-state index contributed by atoms with van der Waals surface area (Å²) < 4.78 is 2.87. The lowest BCUT2D eigenvalue weighted by Gasteiger charge is -2.46. The minimum Gasteiger partial charge on any atom is -0.517 e. The van der Waals surface area contributed by atoms with Gasteiger partial charge in [-0.1, -0.05) is 177 Å². The highest BCUT2D eigenvalue weighted by Crippen LogP contribution is 2.64. The maximum atomic E-state index is 2.87. The predicted molar refractivity (Wildman–Crippen MR) is 237 cm³/mol. The highest BCUT2D eigenvalue weighted by molar-refractivity contribution is 8.48. The second kappa shape index (κ2) is 15.7. The molecule has 1 aliphatic heterocycles. The van der Waals surface area contributed by atoms with Crippen molar-refractivity contribution in [2.24, 2.45) is 0 Å². The van der Waals surface area contributed by atoms with E-state index < -0.39 is 14.7 Å². The minimum atomic E-state index is -2.50. The standard InChI is InChI=1S/C47H75NPSi2/c1-27(2)36-21-39(30(7)8)45(40(22-36)31(9)10)50(46-41(32(11)12)23-37(28(3)4)24-42(46)33(13)14)49-51(50,48(19)20)47-43(34(15)16)25-38(29(5)6)26-44(47)35(17)18/h21-35H,1-20H3/q-1. The van der Waals surface area contributed by atoms with Gasteiger partial charge in [-0.15, -0.1) is 0 Å². The van der Waals surface area contributed by atoms with E-state index in [1.807, 2.05) is 10.4 Å². The van der Waals surface area contributed by atoms with Crippen LogP contribution in [0.1, 0.15) is 228 Å². The summed E-state index contributed by atoms with van der Waals surface area (Å²) in [7, 11) is 1.86. The lowest BCUT2D eigenvalue weighted by molar-refractivity contribution is 0.656. The molecule has 0 radical (unpaired) electrons. The van der Waals surface area contributed by atoms with E-state index in [2.05, 4.69) is 180 Å². The molecule has 282 valence electrons. The number of nitrogens with zero attached hydrogens (tertiary/aromatic N) is 1. The lowest BCUT2D eigenvalue weighted by Crippen LogP contribution is -2.69. The number of benzene rings is 3. The van der Waals surface area contributed by atoms with Crippen molar-refractivity contribution in [3.63, 3.8) is 0 Å². The molecular weight excluding hydrogens is 666 g/mol. The summed E-state index contributed by atoms with van der Waals surface area (Å²) in [5.41, 5.74) is 14.4. The van der Waals surface area contributed by atoms with Crippen LogP contribution in [0, 0.1) is 0 Å². The van der Waals surface area contributed by atoms with Crippen LogP contribution >= 0.6 is 7.68 Å². The smallest absolute Gasteiger partial charge is 0.0135 e. The van der Waals surface area contributed by atoms with Gasteiger partial charge in [-0.25, -0.2) is 0 Å². The Morgan fingerprint density at radius 3 is 0.745 bits per heavy atom. The van der Waals surface area contributed by atoms with Crippen LogP contribution < -0.4 is 15.6 Å². The normalized spacial score (nSPS) is 18.2. The monoisotopic (exact) mass is 741 g/mol. The van der Waals surface area contributed by atoms with Crippen LogP contribution in [0.3, 0.4) is 0 Å². The number of hydrogen-bond acceptors (Lipinski definition) is 1. The van der Waals surface area contributed by atoms with E-state index in [0.29, 0.717) is 53.3 Å². The van der Waals surface area contributed by atoms with Crippen LogP contribution in [0.5, 0.6) is 0 Å². The van der Waals surface area contributed by atoms with Gasteiger partial charge in [-0.3, -0.25) is 0 Å². The fourth-order valence-electron chi connectivity index (χ4n) is 8.79. The van der Waals surface area contributed by atoms with E-state index in [1.54, 1.807) is 46.2 Å². The fraction of sp³-hybridized carbons (Fsp3) is 0.617. The van der Waals surface area contributed by atoms with E-state index in [-0.39, 0.29) is 0 Å². The van der Waals surface area contributed by atoms with Crippen LogP contribution in [0.25, 0.3) is 0 Å². The van der Waals surface area contributed by atoms with Crippen LogP contribution in [0.15, 0.2) is 36.4 Å². The van der Waals surface area contributed by atoms with Gasteiger partial charge in [0.05, 0.1) is 0 Å². The highest BCUT2D eigenvalue weighted by Gasteiger charge is 2.63. The molecule has 3 aromatic carbocycles. The van der Waals surface area contributed by atoms with Crippen molar-refractivity contribution in [1.82, 2.24) is 4.57 Å². The first-order valence-corrected chi connectivity index (χ1v) is 28.0. The second-order valence-corrected chi connectivity index (χ2v) is 38.0. The summed E-state index contributed by atoms with van der Waals surface area (Å²) in [4.78, 5) is 0. The van der Waals surface area contributed by atoms with Crippen molar-refractivity contribution in [2.75, 3.05) is 14.1 Å². The van der Waals surface area contributed by atoms with Gasteiger partial charge in [0.2, 0.25) is 0 Å². The molecule has 1 nitrogen and oxygen atoms in total. The molecule has 0 saturated carbocycles. The van der Waals surface area contributed by atoms with Gasteiger partial charge in [-0.2, -0.15) is 0 Å². The molecule has 3 aromatic rings. The maximum Gasteiger partial charge on any atom is -0.0135 e. The molecule has 1 heterocycles. The van der Waals surface area contributed by atoms with Gasteiger partial charge in [-0.05, 0) is 132 Å². The molecule has 0 bridgehead atoms. The molecule has 0 aliphatic carbocycles. The van der Waals surface area contributed by atoms with Gasteiger partial charge in [0.15, 0.2) is 0 Å². The van der Waals surface area contributed by atoms with Gasteiger partial charge in [0.1, 0.15) is 0 Å². The Kier molecular flexibility index (Phi) is 13.0. The maximum absolute atomic E-state index is 2.87. The summed E-state index contributed by atoms with van der Waals surface area (Å²) in [6, 6.07) is 16.0. The molecule has 1 unspecified atom stereocenters. The Labute approximate surface area is 319 Å². The first-order valence-electron chi connectivity index (χ1n) is 20.5. The zero-order valence-corrected chi connectivity index (χ0v) is 39.4. The lowest BCUT2D eigenvalue weighted by atomic mass is 9.89. The highest BCUT2D eigenvalue weighted by atomic mass is 31.8. The average Bonchev–Trinajstić information content (AvgIpc) is 3.73. The molecule has 1 atom stereocenters. The molecular formula is C47H75NPSi2-. The largest absolute Gasteiger partial charge is 0.517 e. The van der Waals surface area contributed by atoms with E-state index in [4.69, 9.17) is 0 Å². The minimum absolute atomic E-state index is 0.461. The molecule has 0 spiro atoms. The molecule has 0 N–H and O–H groups in total. The molecule has 0 aromatic heterocycles. The van der Waals surface area contributed by atoms with Gasteiger partial charge in [0.25, 0.3) is 0 Å². The van der Waals surface area contributed by atoms with Crippen molar-refractivity contribution < 1.29 is 0 Å². The summed E-state index contributed by atoms with van der Waals surface area (Å²) in [6.07, 6.45) is 0. The summed E-state index contributed by atoms with van der Waals surface area (Å²) in [5, 5.41) is 5.43. The van der Waals surface area contributed by atoms with E-state index >= 15 is 0 Å². The third-order valence-corrected chi connectivity index (χ3v) is 40.0. The Morgan fingerprint density at radius 1 is 0.353 bits per heavy atom. The molecule has 1 aliphatic rings. The van der Waals surface area contributed by atoms with Crippen molar-refractivity contribution in [3.8, 4) is 0 Å². The summed E-state index contributed by atoms with van der Waals surface area (Å²) >= 11 is 0. The zero-order valence-electron chi connectivity index (χ0n) is 36.6. The van der Waals surface area contributed by atoms with Crippen molar-refractivity contribution >= 4 is 37.9 Å². The SMILES string of the molecule is CC(C)c1cc(C(C)C)c([Si]2(c3c(C(C)C)cc(C(C)C)cc3C(C)C)[P-][Si]2(c2c(C(C)C)cc(C(C)C)cc2C(C)C)N(C)C)c(C(C)C)c1. The van der Waals surface area contributed by atoms with Gasteiger partial charge < -0.3 is 12.2 Å². The third-order valence-electron chi connectivity index (χ3n) is 11.9. The first kappa shape index (κ1) is 42.2. The number of hydrogen-bond donors (Lipinski definition) is 0. The Hall–Kier alpha value is -1.52. The Balaban J connectivity index is 2.45. The second-order valence-electron chi connectivity index (χ2n) is 19.0. The number of rotatable bonds is 13. The molecule has 1 fully saturated rings. The van der Waals surface area contributed by atoms with Crippen LogP contribution in [0.4, 0.5) is 0 Å². The fourth-order valence-corrected chi connectivity index (χ4v) is 49.1. The van der Waals surface area contributed by atoms with E-state index in [1.165, 1.54) is 16.7 Å². The van der Waals surface area contributed by atoms with E-state index in [9.17, 15) is 0 Å². The van der Waals surface area contributed by atoms with Crippen LogP contribution in [-0.2, 0) is 0 Å². The molecule has 0 amide bonds. The summed E-state index contributed by atoms with van der Waals surface area (Å²) in [6.45, 7) is 44.1. The van der Waals surface area contributed by atoms with Crippen molar-refractivity contribution in [1.29, 1.82) is 0 Å². The molecule has 4 rings (SSSR count). The van der Waals surface area contributed by atoms with Gasteiger partial charge >= 0.3 is 0 Å². The Bertz CT molecular complexity index is 1540. The zero-order chi connectivity index (χ0) is 38.7. The predicted octanol–water partition coefficient (Wildman–Crippen LogP) is 12.8. The molecule has 1 saturated heterocycles. The van der Waals surface area contributed by atoms with Crippen LogP contribution in [-0.4, -0.2) is 33.3 Å². The molecule has 51 heavy (non-hydrogen) atoms. The third kappa shape index (κ3) is 7.34. The van der Waals surface area contributed by atoms with Gasteiger partial charge in [0, 0.05) is 0 Å². The van der Waals surface area contributed by atoms with Crippen molar-refractivity contribution in [3.05, 3.63) is 86.5 Å². The quantitative estimate of drug-likeness (QED) is 0.125. The molecule has 4 heteroatoms. The average molecular weight is 741 g/mol. The van der Waals surface area contributed by atoms with Crippen molar-refractivity contribution in [2.45, 2.75) is 178 Å². The van der Waals surface area contributed by atoms with Crippen LogP contribution in [0.2, 0.25) is 0 Å². The van der Waals surface area contributed by atoms with E-state index in [0.717, 1.165) is 0 Å². The Morgan fingerprint density at radius 2 is 0.569 bits per heavy atom. The topological polar surface area (TPSA) is 3.24 Å². The summed E-state index contributed by atoms with van der Waals surface area (Å²) in [5.74, 6) is 4.31.